The Balaban J connectivity index is 2.02. The zero-order valence-corrected chi connectivity index (χ0v) is 14.2. The number of pyridine rings is 1. The van der Waals surface area contributed by atoms with Crippen LogP contribution < -0.4 is 0 Å². The third-order valence-electron chi connectivity index (χ3n) is 4.62. The van der Waals surface area contributed by atoms with E-state index in [1.807, 2.05) is 6.20 Å². The Morgan fingerprint density at radius 1 is 1.18 bits per heavy atom. The summed E-state index contributed by atoms with van der Waals surface area (Å²) in [7, 11) is 0. The molecule has 1 aliphatic rings. The van der Waals surface area contributed by atoms with Gasteiger partial charge < -0.3 is 4.57 Å². The Labute approximate surface area is 134 Å². The minimum Gasteiger partial charge on any atom is -0.303 e. The summed E-state index contributed by atoms with van der Waals surface area (Å²) in [6.45, 7) is 11.3. The van der Waals surface area contributed by atoms with E-state index in [2.05, 4.69) is 61.4 Å². The van der Waals surface area contributed by atoms with Gasteiger partial charge in [0.1, 0.15) is 5.82 Å². The van der Waals surface area contributed by atoms with Gasteiger partial charge in [-0.2, -0.15) is 0 Å². The van der Waals surface area contributed by atoms with Crippen molar-refractivity contribution in [3.63, 3.8) is 0 Å². The molecule has 0 bridgehead atoms. The van der Waals surface area contributed by atoms with E-state index in [0.717, 1.165) is 5.82 Å². The molecule has 1 saturated heterocycles. The molecule has 2 aromatic rings. The second-order valence-corrected chi connectivity index (χ2v) is 6.91. The molecule has 0 aliphatic carbocycles. The summed E-state index contributed by atoms with van der Waals surface area (Å²) in [5, 5.41) is 0. The van der Waals surface area contributed by atoms with Crippen molar-refractivity contribution in [2.75, 3.05) is 13.1 Å². The number of nitrogens with zero attached hydrogens (tertiary/aromatic N) is 3. The lowest BCUT2D eigenvalue weighted by Gasteiger charge is -2.28. The van der Waals surface area contributed by atoms with Gasteiger partial charge in [0.05, 0.1) is 0 Å². The molecule has 0 spiro atoms. The molecule has 0 radical (unpaired) electrons. The SMILES string of the molecule is Cc1ccc(C)n1-c1ncccc1[C@@H]1CCCN1CC(C)C. The number of likely N-dealkylation sites (tertiary alicyclic amines) is 1. The van der Waals surface area contributed by atoms with E-state index >= 15 is 0 Å². The van der Waals surface area contributed by atoms with Crippen LogP contribution in [-0.2, 0) is 0 Å². The zero-order chi connectivity index (χ0) is 15.7. The Kier molecular flexibility index (Phi) is 4.34. The molecular weight excluding hydrogens is 270 g/mol. The number of rotatable bonds is 4. The lowest BCUT2D eigenvalue weighted by molar-refractivity contribution is 0.228. The largest absolute Gasteiger partial charge is 0.303 e. The van der Waals surface area contributed by atoms with Gasteiger partial charge in [-0.05, 0) is 57.4 Å². The molecular formula is C19H27N3. The highest BCUT2D eigenvalue weighted by Crippen LogP contribution is 2.35. The summed E-state index contributed by atoms with van der Waals surface area (Å²) < 4.78 is 2.29. The van der Waals surface area contributed by atoms with Crippen molar-refractivity contribution in [3.8, 4) is 5.82 Å². The Morgan fingerprint density at radius 3 is 2.59 bits per heavy atom. The van der Waals surface area contributed by atoms with Crippen molar-refractivity contribution in [1.29, 1.82) is 0 Å². The van der Waals surface area contributed by atoms with Crippen LogP contribution in [0.3, 0.4) is 0 Å². The molecule has 22 heavy (non-hydrogen) atoms. The Morgan fingerprint density at radius 2 is 1.91 bits per heavy atom. The molecule has 3 heteroatoms. The molecule has 0 aromatic carbocycles. The number of aryl methyl sites for hydroxylation is 2. The summed E-state index contributed by atoms with van der Waals surface area (Å²) in [6.07, 6.45) is 4.44. The normalized spacial score (nSPS) is 19.2. The molecule has 3 nitrogen and oxygen atoms in total. The van der Waals surface area contributed by atoms with Crippen LogP contribution >= 0.6 is 0 Å². The second kappa shape index (κ2) is 6.25. The highest BCUT2D eigenvalue weighted by molar-refractivity contribution is 5.41. The first-order valence-corrected chi connectivity index (χ1v) is 8.42. The predicted octanol–water partition coefficient (Wildman–Crippen LogP) is 4.28. The van der Waals surface area contributed by atoms with Crippen LogP contribution in [0.2, 0.25) is 0 Å². The molecule has 1 aliphatic heterocycles. The molecule has 118 valence electrons. The number of aromatic nitrogens is 2. The summed E-state index contributed by atoms with van der Waals surface area (Å²) in [4.78, 5) is 7.38. The maximum absolute atomic E-state index is 4.74. The second-order valence-electron chi connectivity index (χ2n) is 6.91. The molecule has 0 amide bonds. The highest BCUT2D eigenvalue weighted by Gasteiger charge is 2.29. The fraction of sp³-hybridized carbons (Fsp3) is 0.526. The van der Waals surface area contributed by atoms with Gasteiger partial charge in [0, 0.05) is 35.7 Å². The van der Waals surface area contributed by atoms with Crippen LogP contribution in [0.4, 0.5) is 0 Å². The van der Waals surface area contributed by atoms with Crippen molar-refractivity contribution >= 4 is 0 Å². The molecule has 3 rings (SSSR count). The minimum atomic E-state index is 0.507. The van der Waals surface area contributed by atoms with Gasteiger partial charge in [0.15, 0.2) is 0 Å². The van der Waals surface area contributed by atoms with E-state index in [1.165, 1.54) is 42.9 Å². The van der Waals surface area contributed by atoms with Crippen LogP contribution in [0.25, 0.3) is 5.82 Å². The zero-order valence-electron chi connectivity index (χ0n) is 14.2. The van der Waals surface area contributed by atoms with Crippen LogP contribution in [0, 0.1) is 19.8 Å². The summed E-state index contributed by atoms with van der Waals surface area (Å²) in [5.41, 5.74) is 3.89. The van der Waals surface area contributed by atoms with Gasteiger partial charge in [-0.1, -0.05) is 19.9 Å². The molecule has 0 saturated carbocycles. The summed E-state index contributed by atoms with van der Waals surface area (Å²) in [6, 6.07) is 9.21. The predicted molar refractivity (Wildman–Crippen MR) is 91.4 cm³/mol. The highest BCUT2D eigenvalue weighted by atomic mass is 15.2. The minimum absolute atomic E-state index is 0.507. The summed E-state index contributed by atoms with van der Waals surface area (Å²) >= 11 is 0. The van der Waals surface area contributed by atoms with Gasteiger partial charge in [-0.15, -0.1) is 0 Å². The Bertz CT molecular complexity index is 622. The number of hydrogen-bond donors (Lipinski definition) is 0. The average molecular weight is 297 g/mol. The van der Waals surface area contributed by atoms with Gasteiger partial charge in [0.25, 0.3) is 0 Å². The van der Waals surface area contributed by atoms with Gasteiger partial charge in [-0.3, -0.25) is 4.90 Å². The lowest BCUT2D eigenvalue weighted by Crippen LogP contribution is -2.28. The van der Waals surface area contributed by atoms with Gasteiger partial charge in [-0.25, -0.2) is 4.98 Å². The monoisotopic (exact) mass is 297 g/mol. The first-order chi connectivity index (χ1) is 10.6. The van der Waals surface area contributed by atoms with E-state index in [-0.39, 0.29) is 0 Å². The third kappa shape index (κ3) is 2.82. The van der Waals surface area contributed by atoms with Gasteiger partial charge in [0.2, 0.25) is 0 Å². The number of hydrogen-bond acceptors (Lipinski definition) is 2. The quantitative estimate of drug-likeness (QED) is 0.839. The van der Waals surface area contributed by atoms with Crippen molar-refractivity contribution in [1.82, 2.24) is 14.5 Å². The van der Waals surface area contributed by atoms with E-state index < -0.39 is 0 Å². The smallest absolute Gasteiger partial charge is 0.141 e. The van der Waals surface area contributed by atoms with Crippen molar-refractivity contribution in [3.05, 3.63) is 47.4 Å². The maximum Gasteiger partial charge on any atom is 0.141 e. The van der Waals surface area contributed by atoms with Crippen molar-refractivity contribution < 1.29 is 0 Å². The third-order valence-corrected chi connectivity index (χ3v) is 4.62. The van der Waals surface area contributed by atoms with E-state index in [1.54, 1.807) is 0 Å². The van der Waals surface area contributed by atoms with Crippen LogP contribution in [0.1, 0.15) is 49.7 Å². The Hall–Kier alpha value is -1.61. The fourth-order valence-electron chi connectivity index (χ4n) is 3.72. The van der Waals surface area contributed by atoms with Crippen LogP contribution in [-0.4, -0.2) is 27.5 Å². The first-order valence-electron chi connectivity index (χ1n) is 8.42. The van der Waals surface area contributed by atoms with Crippen LogP contribution in [0.15, 0.2) is 30.5 Å². The molecule has 2 aromatic heterocycles. The maximum atomic E-state index is 4.74. The standard InChI is InChI=1S/C19H27N3/c1-14(2)13-21-12-6-8-18(21)17-7-5-11-20-19(17)22-15(3)9-10-16(22)4/h5,7,9-11,14,18H,6,8,12-13H2,1-4H3/t18-/m0/s1. The van der Waals surface area contributed by atoms with Gasteiger partial charge >= 0.3 is 0 Å². The van der Waals surface area contributed by atoms with Crippen molar-refractivity contribution in [2.24, 2.45) is 5.92 Å². The van der Waals surface area contributed by atoms with E-state index in [9.17, 15) is 0 Å². The average Bonchev–Trinajstić information content (AvgIpc) is 3.05. The molecule has 0 unspecified atom stereocenters. The van der Waals surface area contributed by atoms with E-state index in [0.29, 0.717) is 12.0 Å². The van der Waals surface area contributed by atoms with E-state index in [4.69, 9.17) is 4.98 Å². The molecule has 1 fully saturated rings. The summed E-state index contributed by atoms with van der Waals surface area (Å²) in [5.74, 6) is 1.82. The van der Waals surface area contributed by atoms with Crippen molar-refractivity contribution in [2.45, 2.75) is 46.6 Å². The lowest BCUT2D eigenvalue weighted by atomic mass is 10.0. The topological polar surface area (TPSA) is 21.1 Å². The first kappa shape index (κ1) is 15.3. The molecule has 1 atom stereocenters. The fourth-order valence-corrected chi connectivity index (χ4v) is 3.72. The molecule has 0 N–H and O–H groups in total. The molecule has 3 heterocycles. The van der Waals surface area contributed by atoms with Crippen LogP contribution in [0.5, 0.6) is 0 Å².